The molecule has 0 saturated heterocycles. The maximum absolute atomic E-state index is 12.3. The maximum atomic E-state index is 12.3. The van der Waals surface area contributed by atoms with Gasteiger partial charge in [0.2, 0.25) is 5.91 Å². The predicted molar refractivity (Wildman–Crippen MR) is 85.1 cm³/mol. The molecule has 1 heterocycles. The van der Waals surface area contributed by atoms with Gasteiger partial charge in [-0.05, 0) is 57.3 Å². The number of hydrogen-bond acceptors (Lipinski definition) is 4. The van der Waals surface area contributed by atoms with Crippen LogP contribution in [0.4, 0.5) is 0 Å². The molecule has 116 valence electrons. The van der Waals surface area contributed by atoms with Gasteiger partial charge in [0, 0.05) is 23.7 Å². The number of rotatable bonds is 6. The van der Waals surface area contributed by atoms with E-state index in [2.05, 4.69) is 15.7 Å². The van der Waals surface area contributed by atoms with Crippen molar-refractivity contribution in [2.24, 2.45) is 23.5 Å². The van der Waals surface area contributed by atoms with Crippen LogP contribution in [0.25, 0.3) is 0 Å². The van der Waals surface area contributed by atoms with Crippen LogP contribution in [0.2, 0.25) is 0 Å². The first-order chi connectivity index (χ1) is 10.1. The molecule has 1 aromatic heterocycles. The van der Waals surface area contributed by atoms with Crippen molar-refractivity contribution in [2.45, 2.75) is 51.5 Å². The van der Waals surface area contributed by atoms with Crippen molar-refractivity contribution in [1.82, 2.24) is 10.3 Å². The third-order valence-electron chi connectivity index (χ3n) is 5.07. The molecular formula is C16H25N3OS. The third kappa shape index (κ3) is 3.29. The number of thiazole rings is 1. The molecule has 4 nitrogen and oxygen atoms in total. The molecule has 4 atom stereocenters. The number of amides is 1. The predicted octanol–water partition coefficient (Wildman–Crippen LogP) is 2.26. The van der Waals surface area contributed by atoms with Crippen LogP contribution in [-0.2, 0) is 11.2 Å². The van der Waals surface area contributed by atoms with E-state index in [0.717, 1.165) is 31.5 Å². The van der Waals surface area contributed by atoms with Crippen LogP contribution in [-0.4, -0.2) is 23.5 Å². The van der Waals surface area contributed by atoms with Gasteiger partial charge in [-0.3, -0.25) is 4.79 Å². The molecule has 1 aromatic rings. The standard InChI is InChI=1S/C16H25N3OS/c1-10-9-21-13(19-10)4-2-3-7-18-16(20)14-11-5-6-12(8-11)15(14)17/h9,11-12,14-15H,2-8,17H2,1H3,(H,18,20). The monoisotopic (exact) mass is 307 g/mol. The molecule has 3 N–H and O–H groups in total. The van der Waals surface area contributed by atoms with E-state index >= 15 is 0 Å². The highest BCUT2D eigenvalue weighted by molar-refractivity contribution is 7.09. The summed E-state index contributed by atoms with van der Waals surface area (Å²) in [5.74, 6) is 1.41. The van der Waals surface area contributed by atoms with E-state index in [1.807, 2.05) is 6.92 Å². The Morgan fingerprint density at radius 2 is 2.24 bits per heavy atom. The number of nitrogens with one attached hydrogen (secondary N) is 1. The average molecular weight is 307 g/mol. The van der Waals surface area contributed by atoms with E-state index in [9.17, 15) is 4.79 Å². The van der Waals surface area contributed by atoms with Crippen molar-refractivity contribution in [3.8, 4) is 0 Å². The number of nitrogens with two attached hydrogens (primary N) is 1. The largest absolute Gasteiger partial charge is 0.356 e. The van der Waals surface area contributed by atoms with Gasteiger partial charge in [-0.2, -0.15) is 0 Å². The van der Waals surface area contributed by atoms with Crippen molar-refractivity contribution in [2.75, 3.05) is 6.54 Å². The number of carbonyl (C=O) groups is 1. The third-order valence-corrected chi connectivity index (χ3v) is 6.09. The van der Waals surface area contributed by atoms with Gasteiger partial charge in [-0.1, -0.05) is 0 Å². The van der Waals surface area contributed by atoms with Crippen LogP contribution in [0.3, 0.4) is 0 Å². The molecule has 3 rings (SSSR count). The molecule has 21 heavy (non-hydrogen) atoms. The first-order valence-corrected chi connectivity index (χ1v) is 8.97. The summed E-state index contributed by atoms with van der Waals surface area (Å²) < 4.78 is 0. The molecule has 1 amide bonds. The lowest BCUT2D eigenvalue weighted by atomic mass is 9.84. The number of aryl methyl sites for hydroxylation is 2. The molecule has 2 aliphatic carbocycles. The number of nitrogens with zero attached hydrogens (tertiary/aromatic N) is 1. The second-order valence-electron chi connectivity index (χ2n) is 6.57. The van der Waals surface area contributed by atoms with E-state index in [1.165, 1.54) is 24.3 Å². The summed E-state index contributed by atoms with van der Waals surface area (Å²) >= 11 is 1.73. The number of unbranched alkanes of at least 4 members (excludes halogenated alkanes) is 1. The Kier molecular flexibility index (Phi) is 4.60. The fraction of sp³-hybridized carbons (Fsp3) is 0.750. The Labute approximate surface area is 130 Å². The SMILES string of the molecule is Cc1csc(CCCCNC(=O)C2C3CCC(C3)C2N)n1. The van der Waals surface area contributed by atoms with Crippen molar-refractivity contribution in [1.29, 1.82) is 0 Å². The van der Waals surface area contributed by atoms with Crippen molar-refractivity contribution in [3.63, 3.8) is 0 Å². The first-order valence-electron chi connectivity index (χ1n) is 8.09. The van der Waals surface area contributed by atoms with E-state index in [1.54, 1.807) is 11.3 Å². The summed E-state index contributed by atoms with van der Waals surface area (Å²) in [6.07, 6.45) is 6.70. The first kappa shape index (κ1) is 15.0. The lowest BCUT2D eigenvalue weighted by molar-refractivity contribution is -0.127. The summed E-state index contributed by atoms with van der Waals surface area (Å²) in [6, 6.07) is 0.0991. The van der Waals surface area contributed by atoms with Gasteiger partial charge < -0.3 is 11.1 Å². The van der Waals surface area contributed by atoms with Crippen molar-refractivity contribution in [3.05, 3.63) is 16.1 Å². The zero-order valence-corrected chi connectivity index (χ0v) is 13.5. The molecule has 0 aromatic carbocycles. The van der Waals surface area contributed by atoms with Crippen molar-refractivity contribution < 1.29 is 4.79 Å². The summed E-state index contributed by atoms with van der Waals surface area (Å²) in [4.78, 5) is 16.7. The van der Waals surface area contributed by atoms with Gasteiger partial charge in [0.1, 0.15) is 0 Å². The Bertz CT molecular complexity index is 499. The van der Waals surface area contributed by atoms with Crippen LogP contribution in [0.1, 0.15) is 42.8 Å². The molecule has 0 spiro atoms. The summed E-state index contributed by atoms with van der Waals surface area (Å²) in [5.41, 5.74) is 7.31. The van der Waals surface area contributed by atoms with Crippen molar-refractivity contribution >= 4 is 17.2 Å². The molecule has 5 heteroatoms. The van der Waals surface area contributed by atoms with Crippen LogP contribution in [0, 0.1) is 24.7 Å². The van der Waals surface area contributed by atoms with Gasteiger partial charge in [0.15, 0.2) is 0 Å². The van der Waals surface area contributed by atoms with Crippen LogP contribution >= 0.6 is 11.3 Å². The molecule has 2 fully saturated rings. The number of carbonyl (C=O) groups excluding carboxylic acids is 1. The average Bonchev–Trinajstić information content (AvgIpc) is 3.14. The molecule has 4 unspecified atom stereocenters. The molecule has 2 bridgehead atoms. The van der Waals surface area contributed by atoms with Gasteiger partial charge in [0.05, 0.1) is 10.9 Å². The van der Waals surface area contributed by atoms with Gasteiger partial charge in [-0.25, -0.2) is 4.98 Å². The molecule has 0 aliphatic heterocycles. The summed E-state index contributed by atoms with van der Waals surface area (Å²) in [5, 5.41) is 6.39. The zero-order valence-electron chi connectivity index (χ0n) is 12.7. The van der Waals surface area contributed by atoms with E-state index < -0.39 is 0 Å². The summed E-state index contributed by atoms with van der Waals surface area (Å²) in [7, 11) is 0. The number of aromatic nitrogens is 1. The van der Waals surface area contributed by atoms with Gasteiger partial charge >= 0.3 is 0 Å². The van der Waals surface area contributed by atoms with E-state index in [4.69, 9.17) is 5.73 Å². The van der Waals surface area contributed by atoms with Crippen LogP contribution in [0.5, 0.6) is 0 Å². The Morgan fingerprint density at radius 3 is 2.90 bits per heavy atom. The minimum atomic E-state index is 0.0744. The molecule has 2 aliphatic rings. The lowest BCUT2D eigenvalue weighted by Gasteiger charge is -2.27. The fourth-order valence-electron chi connectivity index (χ4n) is 3.97. The van der Waals surface area contributed by atoms with Crippen LogP contribution in [0.15, 0.2) is 5.38 Å². The van der Waals surface area contributed by atoms with E-state index in [-0.39, 0.29) is 17.9 Å². The Balaban J connectivity index is 1.35. The van der Waals surface area contributed by atoms with Gasteiger partial charge in [-0.15, -0.1) is 11.3 Å². The number of fused-ring (bicyclic) bond motifs is 2. The van der Waals surface area contributed by atoms with Crippen LogP contribution < -0.4 is 11.1 Å². The highest BCUT2D eigenvalue weighted by Crippen LogP contribution is 2.47. The van der Waals surface area contributed by atoms with E-state index in [0.29, 0.717) is 11.8 Å². The Hall–Kier alpha value is -0.940. The maximum Gasteiger partial charge on any atom is 0.224 e. The zero-order chi connectivity index (χ0) is 14.8. The second-order valence-corrected chi connectivity index (χ2v) is 7.51. The Morgan fingerprint density at radius 1 is 1.43 bits per heavy atom. The lowest BCUT2D eigenvalue weighted by Crippen LogP contribution is -2.45. The smallest absolute Gasteiger partial charge is 0.224 e. The topological polar surface area (TPSA) is 68.0 Å². The molecule has 2 saturated carbocycles. The summed E-state index contributed by atoms with van der Waals surface area (Å²) in [6.45, 7) is 2.79. The minimum Gasteiger partial charge on any atom is -0.356 e. The normalized spacial score (nSPS) is 30.8. The highest BCUT2D eigenvalue weighted by Gasteiger charge is 2.48. The second kappa shape index (κ2) is 6.44. The number of hydrogen-bond donors (Lipinski definition) is 2. The highest BCUT2D eigenvalue weighted by atomic mass is 32.1. The van der Waals surface area contributed by atoms with Gasteiger partial charge in [0.25, 0.3) is 0 Å². The molecular weight excluding hydrogens is 282 g/mol. The minimum absolute atomic E-state index is 0.0744. The quantitative estimate of drug-likeness (QED) is 0.792. The molecule has 0 radical (unpaired) electrons. The fourth-order valence-corrected chi connectivity index (χ4v) is 4.79.